The van der Waals surface area contributed by atoms with Gasteiger partial charge in [0.15, 0.2) is 5.16 Å². The molecule has 0 aliphatic carbocycles. The summed E-state index contributed by atoms with van der Waals surface area (Å²) in [6, 6.07) is 3.89. The molecule has 0 aromatic carbocycles. The molecule has 0 saturated heterocycles. The van der Waals surface area contributed by atoms with Crippen molar-refractivity contribution < 1.29 is 0 Å². The highest BCUT2D eigenvalue weighted by atomic mass is 35.5. The molecule has 5 nitrogen and oxygen atoms in total. The van der Waals surface area contributed by atoms with Crippen molar-refractivity contribution in [3.05, 3.63) is 35.2 Å². The van der Waals surface area contributed by atoms with E-state index >= 15 is 0 Å². The Bertz CT molecular complexity index is 803. The molecule has 0 spiro atoms. The molecule has 7 heteroatoms. The normalized spacial score (nSPS) is 11.1. The first-order valence-electron chi connectivity index (χ1n) is 7.62. The van der Waals surface area contributed by atoms with Crippen LogP contribution < -0.4 is 5.32 Å². The smallest absolute Gasteiger partial charge is 0.196 e. The van der Waals surface area contributed by atoms with Gasteiger partial charge in [0.05, 0.1) is 10.4 Å². The molecule has 0 aliphatic rings. The summed E-state index contributed by atoms with van der Waals surface area (Å²) in [5.41, 5.74) is 1.76. The first-order valence-corrected chi connectivity index (χ1v) is 8.82. The Morgan fingerprint density at radius 1 is 1.30 bits per heavy atom. The summed E-state index contributed by atoms with van der Waals surface area (Å²) < 4.78 is 0. The van der Waals surface area contributed by atoms with E-state index in [1.165, 1.54) is 11.8 Å². The SMILES string of the molecule is CCCNc1nc(Sc2cccnc2)nc2[nH]c(CC)c(Cl)c12. The first-order chi connectivity index (χ1) is 11.2. The fraction of sp³-hybridized carbons (Fsp3) is 0.312. The van der Waals surface area contributed by atoms with Crippen molar-refractivity contribution in [3.63, 3.8) is 0 Å². The van der Waals surface area contributed by atoms with Gasteiger partial charge in [0.1, 0.15) is 11.5 Å². The van der Waals surface area contributed by atoms with Crippen LogP contribution in [-0.4, -0.2) is 26.5 Å². The second-order valence-corrected chi connectivity index (χ2v) is 6.49. The molecule has 0 atom stereocenters. The average molecular weight is 348 g/mol. The van der Waals surface area contributed by atoms with Gasteiger partial charge in [-0.25, -0.2) is 9.97 Å². The monoisotopic (exact) mass is 347 g/mol. The number of nitrogens with one attached hydrogen (secondary N) is 2. The number of anilines is 1. The molecule has 0 bridgehead atoms. The molecule has 3 rings (SSSR count). The number of halogens is 1. The number of nitrogens with zero attached hydrogens (tertiary/aromatic N) is 3. The van der Waals surface area contributed by atoms with Crippen molar-refractivity contribution in [2.45, 2.75) is 36.7 Å². The Morgan fingerprint density at radius 3 is 2.87 bits per heavy atom. The third-order valence-corrected chi connectivity index (χ3v) is 4.64. The van der Waals surface area contributed by atoms with Crippen LogP contribution in [0.15, 0.2) is 34.6 Å². The van der Waals surface area contributed by atoms with Gasteiger partial charge in [0.2, 0.25) is 0 Å². The van der Waals surface area contributed by atoms with E-state index in [2.05, 4.69) is 39.1 Å². The number of pyridine rings is 1. The van der Waals surface area contributed by atoms with Crippen LogP contribution in [0.4, 0.5) is 5.82 Å². The second kappa shape index (κ2) is 7.19. The highest BCUT2D eigenvalue weighted by Crippen LogP contribution is 2.34. The van der Waals surface area contributed by atoms with E-state index in [4.69, 9.17) is 11.6 Å². The molecule has 3 heterocycles. The van der Waals surface area contributed by atoms with Gasteiger partial charge in [-0.15, -0.1) is 0 Å². The van der Waals surface area contributed by atoms with Gasteiger partial charge in [-0.3, -0.25) is 4.98 Å². The van der Waals surface area contributed by atoms with E-state index in [0.29, 0.717) is 10.2 Å². The van der Waals surface area contributed by atoms with E-state index in [0.717, 1.165) is 46.8 Å². The second-order valence-electron chi connectivity index (χ2n) is 5.07. The minimum absolute atomic E-state index is 0.671. The zero-order valence-corrected chi connectivity index (χ0v) is 14.6. The molecule has 23 heavy (non-hydrogen) atoms. The van der Waals surface area contributed by atoms with Gasteiger partial charge < -0.3 is 10.3 Å². The summed E-state index contributed by atoms with van der Waals surface area (Å²) in [5.74, 6) is 0.782. The minimum Gasteiger partial charge on any atom is -0.369 e. The molecule has 3 aromatic rings. The minimum atomic E-state index is 0.671. The Hall–Kier alpha value is -1.79. The fourth-order valence-corrected chi connectivity index (χ4v) is 3.37. The maximum absolute atomic E-state index is 6.49. The summed E-state index contributed by atoms with van der Waals surface area (Å²) in [6.45, 7) is 5.02. The summed E-state index contributed by atoms with van der Waals surface area (Å²) in [7, 11) is 0. The van der Waals surface area contributed by atoms with Crippen LogP contribution in [0, 0.1) is 0 Å². The van der Waals surface area contributed by atoms with E-state index in [1.807, 2.05) is 12.1 Å². The number of aromatic nitrogens is 4. The molecule has 0 fully saturated rings. The van der Waals surface area contributed by atoms with Gasteiger partial charge in [0.25, 0.3) is 0 Å². The number of aromatic amines is 1. The van der Waals surface area contributed by atoms with E-state index in [-0.39, 0.29) is 0 Å². The van der Waals surface area contributed by atoms with Gasteiger partial charge >= 0.3 is 0 Å². The van der Waals surface area contributed by atoms with Crippen molar-refractivity contribution >= 4 is 40.2 Å². The lowest BCUT2D eigenvalue weighted by Crippen LogP contribution is -2.04. The number of aryl methyl sites for hydroxylation is 1. The van der Waals surface area contributed by atoms with Crippen molar-refractivity contribution in [1.29, 1.82) is 0 Å². The van der Waals surface area contributed by atoms with Crippen LogP contribution in [0.3, 0.4) is 0 Å². The Morgan fingerprint density at radius 2 is 2.17 bits per heavy atom. The molecule has 0 amide bonds. The first kappa shape index (κ1) is 16.1. The molecule has 0 radical (unpaired) electrons. The summed E-state index contributed by atoms with van der Waals surface area (Å²) >= 11 is 7.97. The maximum Gasteiger partial charge on any atom is 0.196 e. The Balaban J connectivity index is 2.05. The zero-order valence-electron chi connectivity index (χ0n) is 13.1. The lowest BCUT2D eigenvalue weighted by Gasteiger charge is -2.08. The van der Waals surface area contributed by atoms with E-state index in [1.54, 1.807) is 12.4 Å². The number of rotatable bonds is 6. The van der Waals surface area contributed by atoms with Crippen molar-refractivity contribution in [2.24, 2.45) is 0 Å². The van der Waals surface area contributed by atoms with Gasteiger partial charge in [-0.2, -0.15) is 0 Å². The number of hydrogen-bond donors (Lipinski definition) is 2. The summed E-state index contributed by atoms with van der Waals surface area (Å²) in [5, 5.41) is 5.60. The van der Waals surface area contributed by atoms with Crippen LogP contribution in [0.25, 0.3) is 11.0 Å². The predicted molar refractivity (Wildman–Crippen MR) is 95.4 cm³/mol. The molecular formula is C16H18ClN5S. The number of H-pyrrole nitrogens is 1. The fourth-order valence-electron chi connectivity index (χ4n) is 2.26. The Labute approximate surface area is 144 Å². The van der Waals surface area contributed by atoms with Crippen molar-refractivity contribution in [3.8, 4) is 0 Å². The number of fused-ring (bicyclic) bond motifs is 1. The molecule has 3 aromatic heterocycles. The lowest BCUT2D eigenvalue weighted by molar-refractivity contribution is 0.939. The van der Waals surface area contributed by atoms with Crippen LogP contribution in [0.1, 0.15) is 26.0 Å². The van der Waals surface area contributed by atoms with Gasteiger partial charge in [-0.05, 0) is 36.7 Å². The molecule has 120 valence electrons. The van der Waals surface area contributed by atoms with Crippen LogP contribution >= 0.6 is 23.4 Å². The zero-order chi connectivity index (χ0) is 16.2. The molecule has 0 saturated carbocycles. The molecule has 0 unspecified atom stereocenters. The predicted octanol–water partition coefficient (Wildman–Crippen LogP) is 4.54. The van der Waals surface area contributed by atoms with E-state index in [9.17, 15) is 0 Å². The topological polar surface area (TPSA) is 66.5 Å². The third kappa shape index (κ3) is 3.43. The quantitative estimate of drug-likeness (QED) is 0.641. The highest BCUT2D eigenvalue weighted by molar-refractivity contribution is 7.99. The summed E-state index contributed by atoms with van der Waals surface area (Å²) in [4.78, 5) is 17.7. The Kier molecular flexibility index (Phi) is 5.03. The van der Waals surface area contributed by atoms with Gasteiger partial charge in [-0.1, -0.05) is 25.4 Å². The van der Waals surface area contributed by atoms with E-state index < -0.39 is 0 Å². The highest BCUT2D eigenvalue weighted by Gasteiger charge is 2.16. The summed E-state index contributed by atoms with van der Waals surface area (Å²) in [6.07, 6.45) is 5.39. The molecular weight excluding hydrogens is 330 g/mol. The molecule has 2 N–H and O–H groups in total. The van der Waals surface area contributed by atoms with Crippen molar-refractivity contribution in [2.75, 3.05) is 11.9 Å². The largest absolute Gasteiger partial charge is 0.369 e. The van der Waals surface area contributed by atoms with Crippen LogP contribution in [-0.2, 0) is 6.42 Å². The molecule has 0 aliphatic heterocycles. The van der Waals surface area contributed by atoms with Crippen molar-refractivity contribution in [1.82, 2.24) is 19.9 Å². The standard InChI is InChI=1S/C16H18ClN5S/c1-3-7-19-14-12-13(17)11(4-2)20-15(12)22-16(21-14)23-10-6-5-8-18-9-10/h5-6,8-9H,3-4,7H2,1-2H3,(H2,19,20,21,22). The third-order valence-electron chi connectivity index (χ3n) is 3.38. The average Bonchev–Trinajstić information content (AvgIpc) is 2.89. The maximum atomic E-state index is 6.49. The number of hydrogen-bond acceptors (Lipinski definition) is 5. The lowest BCUT2D eigenvalue weighted by atomic mass is 10.3. The van der Waals surface area contributed by atoms with Crippen LogP contribution in [0.5, 0.6) is 0 Å². The van der Waals surface area contributed by atoms with Gasteiger partial charge in [0, 0.05) is 29.5 Å². The van der Waals surface area contributed by atoms with Crippen LogP contribution in [0.2, 0.25) is 5.02 Å².